The number of rotatable bonds is 4. The van der Waals surface area contributed by atoms with Gasteiger partial charge in [0.25, 0.3) is 0 Å². The Morgan fingerprint density at radius 1 is 1.25 bits per heavy atom. The smallest absolute Gasteiger partial charge is 0.250 e. The fraction of sp³-hybridized carbons (Fsp3) is 0.462. The molecule has 1 rings (SSSR count). The third kappa shape index (κ3) is 4.45. The lowest BCUT2D eigenvalue weighted by Crippen LogP contribution is -2.20. The Kier molecular flexibility index (Phi) is 4.50. The molecule has 0 saturated carbocycles. The van der Waals surface area contributed by atoms with E-state index >= 15 is 0 Å². The summed E-state index contributed by atoms with van der Waals surface area (Å²) in [5, 5.41) is 2.82. The Morgan fingerprint density at radius 2 is 1.81 bits per heavy atom. The van der Waals surface area contributed by atoms with Gasteiger partial charge in [0.1, 0.15) is 6.61 Å². The molecule has 0 fully saturated rings. The van der Waals surface area contributed by atoms with Crippen LogP contribution in [0, 0.1) is 13.8 Å². The number of benzene rings is 1. The van der Waals surface area contributed by atoms with Gasteiger partial charge < -0.3 is 10.1 Å². The zero-order valence-corrected chi connectivity index (χ0v) is 10.3. The average molecular weight is 221 g/mol. The molecule has 0 bridgehead atoms. The van der Waals surface area contributed by atoms with Gasteiger partial charge in [0.2, 0.25) is 5.91 Å². The molecule has 3 heteroatoms. The highest BCUT2D eigenvalue weighted by Gasteiger charge is 2.04. The first kappa shape index (κ1) is 12.7. The Hall–Kier alpha value is -1.35. The molecule has 0 atom stereocenters. The fourth-order valence-electron chi connectivity index (χ4n) is 1.49. The summed E-state index contributed by atoms with van der Waals surface area (Å²) in [5.74, 6) is -0.112. The van der Waals surface area contributed by atoms with Crippen LogP contribution in [0.5, 0.6) is 0 Å². The van der Waals surface area contributed by atoms with Crippen LogP contribution in [0.2, 0.25) is 0 Å². The number of carbonyl (C=O) groups is 1. The zero-order valence-electron chi connectivity index (χ0n) is 10.3. The molecule has 0 heterocycles. The first-order chi connectivity index (χ1) is 7.47. The average Bonchev–Trinajstić information content (AvgIpc) is 2.12. The van der Waals surface area contributed by atoms with Gasteiger partial charge in [-0.2, -0.15) is 0 Å². The van der Waals surface area contributed by atoms with E-state index in [0.29, 0.717) is 0 Å². The molecule has 1 aromatic carbocycles. The van der Waals surface area contributed by atoms with Crippen LogP contribution >= 0.6 is 0 Å². The Bertz CT molecular complexity index is 352. The molecule has 88 valence electrons. The summed E-state index contributed by atoms with van der Waals surface area (Å²) in [4.78, 5) is 11.5. The molecular formula is C13H19NO2. The first-order valence-corrected chi connectivity index (χ1v) is 5.47. The van der Waals surface area contributed by atoms with Crippen LogP contribution < -0.4 is 5.32 Å². The fourth-order valence-corrected chi connectivity index (χ4v) is 1.49. The molecule has 0 aliphatic carbocycles. The number of ether oxygens (including phenoxy) is 1. The number of carbonyl (C=O) groups excluding carboxylic acids is 1. The molecule has 0 radical (unpaired) electrons. The topological polar surface area (TPSA) is 38.3 Å². The van der Waals surface area contributed by atoms with Crippen molar-refractivity contribution in [2.75, 3.05) is 11.9 Å². The molecule has 0 unspecified atom stereocenters. The Balaban J connectivity index is 2.56. The highest BCUT2D eigenvalue weighted by Crippen LogP contribution is 2.13. The summed E-state index contributed by atoms with van der Waals surface area (Å²) in [6.07, 6.45) is 0.0741. The van der Waals surface area contributed by atoms with Crippen LogP contribution in [-0.2, 0) is 9.53 Å². The lowest BCUT2D eigenvalue weighted by Gasteiger charge is -2.09. The van der Waals surface area contributed by atoms with E-state index in [-0.39, 0.29) is 18.6 Å². The van der Waals surface area contributed by atoms with Gasteiger partial charge in [-0.3, -0.25) is 4.79 Å². The second-order valence-electron chi connectivity index (χ2n) is 4.28. The van der Waals surface area contributed by atoms with Crippen molar-refractivity contribution in [3.63, 3.8) is 0 Å². The Morgan fingerprint density at radius 3 is 2.31 bits per heavy atom. The van der Waals surface area contributed by atoms with Crippen molar-refractivity contribution in [2.24, 2.45) is 0 Å². The van der Waals surface area contributed by atoms with Crippen molar-refractivity contribution >= 4 is 11.6 Å². The number of hydrogen-bond acceptors (Lipinski definition) is 2. The van der Waals surface area contributed by atoms with Crippen molar-refractivity contribution in [1.82, 2.24) is 0 Å². The number of nitrogens with one attached hydrogen (secondary N) is 1. The lowest BCUT2D eigenvalue weighted by atomic mass is 10.1. The first-order valence-electron chi connectivity index (χ1n) is 5.47. The van der Waals surface area contributed by atoms with Gasteiger partial charge in [-0.15, -0.1) is 0 Å². The summed E-state index contributed by atoms with van der Waals surface area (Å²) in [7, 11) is 0. The maximum absolute atomic E-state index is 11.5. The lowest BCUT2D eigenvalue weighted by molar-refractivity contribution is -0.121. The monoisotopic (exact) mass is 221 g/mol. The van der Waals surface area contributed by atoms with Gasteiger partial charge in [0.05, 0.1) is 6.10 Å². The largest absolute Gasteiger partial charge is 0.369 e. The maximum Gasteiger partial charge on any atom is 0.250 e. The zero-order chi connectivity index (χ0) is 12.1. The molecule has 0 spiro atoms. The van der Waals surface area contributed by atoms with Gasteiger partial charge in [-0.1, -0.05) is 6.07 Å². The minimum absolute atomic E-state index is 0.0741. The molecule has 0 aliphatic heterocycles. The van der Waals surface area contributed by atoms with Crippen LogP contribution in [-0.4, -0.2) is 18.6 Å². The highest BCUT2D eigenvalue weighted by molar-refractivity contribution is 5.91. The predicted molar refractivity (Wildman–Crippen MR) is 65.6 cm³/mol. The molecule has 1 N–H and O–H groups in total. The van der Waals surface area contributed by atoms with Crippen molar-refractivity contribution in [3.05, 3.63) is 29.3 Å². The van der Waals surface area contributed by atoms with Crippen LogP contribution in [0.1, 0.15) is 25.0 Å². The van der Waals surface area contributed by atoms with Crippen molar-refractivity contribution in [1.29, 1.82) is 0 Å². The van der Waals surface area contributed by atoms with Gasteiger partial charge in [-0.25, -0.2) is 0 Å². The number of anilines is 1. The number of aryl methyl sites for hydroxylation is 2. The second kappa shape index (κ2) is 5.66. The Labute approximate surface area is 96.8 Å². The van der Waals surface area contributed by atoms with Gasteiger partial charge in [-0.05, 0) is 51.0 Å². The van der Waals surface area contributed by atoms with E-state index in [4.69, 9.17) is 4.74 Å². The van der Waals surface area contributed by atoms with E-state index in [1.165, 1.54) is 0 Å². The number of amides is 1. The van der Waals surface area contributed by atoms with Crippen LogP contribution in [0.15, 0.2) is 18.2 Å². The van der Waals surface area contributed by atoms with Crippen LogP contribution in [0.3, 0.4) is 0 Å². The molecule has 0 saturated heterocycles. The quantitative estimate of drug-likeness (QED) is 0.848. The van der Waals surface area contributed by atoms with E-state index in [1.807, 2.05) is 39.8 Å². The highest BCUT2D eigenvalue weighted by atomic mass is 16.5. The molecular weight excluding hydrogens is 202 g/mol. The minimum Gasteiger partial charge on any atom is -0.369 e. The van der Waals surface area contributed by atoms with E-state index in [0.717, 1.165) is 16.8 Å². The van der Waals surface area contributed by atoms with Gasteiger partial charge in [0, 0.05) is 5.69 Å². The summed E-state index contributed by atoms with van der Waals surface area (Å²) < 4.78 is 5.22. The van der Waals surface area contributed by atoms with E-state index < -0.39 is 0 Å². The third-order valence-electron chi connectivity index (χ3n) is 2.05. The molecule has 16 heavy (non-hydrogen) atoms. The molecule has 0 aromatic heterocycles. The molecule has 1 aromatic rings. The van der Waals surface area contributed by atoms with Gasteiger partial charge >= 0.3 is 0 Å². The van der Waals surface area contributed by atoms with Crippen LogP contribution in [0.25, 0.3) is 0 Å². The SMILES string of the molecule is Cc1cc(C)cc(NC(=O)COC(C)C)c1. The predicted octanol–water partition coefficient (Wildman–Crippen LogP) is 2.67. The van der Waals surface area contributed by atoms with Gasteiger partial charge in [0.15, 0.2) is 0 Å². The second-order valence-corrected chi connectivity index (χ2v) is 4.28. The van der Waals surface area contributed by atoms with Crippen molar-refractivity contribution in [2.45, 2.75) is 33.8 Å². The summed E-state index contributed by atoms with van der Waals surface area (Å²) in [6.45, 7) is 7.93. The summed E-state index contributed by atoms with van der Waals surface area (Å²) in [6, 6.07) is 5.96. The summed E-state index contributed by atoms with van der Waals surface area (Å²) >= 11 is 0. The standard InChI is InChI=1S/C13H19NO2/c1-9(2)16-8-13(15)14-12-6-10(3)5-11(4)7-12/h5-7,9H,8H2,1-4H3,(H,14,15). The van der Waals surface area contributed by atoms with Crippen molar-refractivity contribution in [3.8, 4) is 0 Å². The van der Waals surface area contributed by atoms with E-state index in [2.05, 4.69) is 11.4 Å². The maximum atomic E-state index is 11.5. The molecule has 0 aliphatic rings. The van der Waals surface area contributed by atoms with Crippen LogP contribution in [0.4, 0.5) is 5.69 Å². The number of hydrogen-bond donors (Lipinski definition) is 1. The van der Waals surface area contributed by atoms with E-state index in [9.17, 15) is 4.79 Å². The minimum atomic E-state index is -0.112. The normalized spacial score (nSPS) is 10.6. The van der Waals surface area contributed by atoms with Crippen molar-refractivity contribution < 1.29 is 9.53 Å². The summed E-state index contributed by atoms with van der Waals surface area (Å²) in [5.41, 5.74) is 3.11. The third-order valence-corrected chi connectivity index (χ3v) is 2.05. The molecule has 3 nitrogen and oxygen atoms in total. The molecule has 1 amide bonds. The van der Waals surface area contributed by atoms with E-state index in [1.54, 1.807) is 0 Å².